The lowest BCUT2D eigenvalue weighted by Gasteiger charge is -2.16. The molecule has 1 aliphatic rings. The Balaban J connectivity index is 1.28. The number of aromatic nitrogens is 2. The summed E-state index contributed by atoms with van der Waals surface area (Å²) < 4.78 is 19.1. The molecule has 34 heavy (non-hydrogen) atoms. The van der Waals surface area contributed by atoms with Crippen molar-refractivity contribution in [3.05, 3.63) is 95.3 Å². The fourth-order valence-corrected chi connectivity index (χ4v) is 4.55. The molecule has 0 bridgehead atoms. The van der Waals surface area contributed by atoms with Gasteiger partial charge in [0.05, 0.1) is 5.56 Å². The number of nitrogens with zero attached hydrogens (tertiary/aromatic N) is 3. The number of carbonyl (C=O) groups excluding carboxylic acids is 2. The highest BCUT2D eigenvalue weighted by Gasteiger charge is 2.34. The lowest BCUT2D eigenvalue weighted by Crippen LogP contribution is -2.24. The van der Waals surface area contributed by atoms with Gasteiger partial charge < -0.3 is 9.64 Å². The van der Waals surface area contributed by atoms with Crippen LogP contribution in [0.5, 0.6) is 11.5 Å². The van der Waals surface area contributed by atoms with Crippen molar-refractivity contribution in [2.45, 2.75) is 12.3 Å². The van der Waals surface area contributed by atoms with Crippen LogP contribution >= 0.6 is 11.3 Å². The molecule has 1 saturated heterocycles. The summed E-state index contributed by atoms with van der Waals surface area (Å²) >= 11 is 1.23. The van der Waals surface area contributed by atoms with Gasteiger partial charge in [0.1, 0.15) is 22.3 Å². The first-order valence-electron chi connectivity index (χ1n) is 10.6. The van der Waals surface area contributed by atoms with Crippen molar-refractivity contribution >= 4 is 34.0 Å². The van der Waals surface area contributed by atoms with E-state index in [1.807, 2.05) is 30.3 Å². The molecular weight excluding hydrogens is 455 g/mol. The van der Waals surface area contributed by atoms with Gasteiger partial charge >= 0.3 is 0 Å². The zero-order chi connectivity index (χ0) is 23.5. The quantitative estimate of drug-likeness (QED) is 0.413. The van der Waals surface area contributed by atoms with Gasteiger partial charge in [-0.15, -0.1) is 10.2 Å². The monoisotopic (exact) mass is 474 g/mol. The van der Waals surface area contributed by atoms with E-state index >= 15 is 0 Å². The van der Waals surface area contributed by atoms with Gasteiger partial charge in [-0.2, -0.15) is 0 Å². The topological polar surface area (TPSA) is 84.4 Å². The lowest BCUT2D eigenvalue weighted by molar-refractivity contribution is -0.117. The van der Waals surface area contributed by atoms with Gasteiger partial charge in [0.2, 0.25) is 11.0 Å². The number of nitrogens with one attached hydrogen (secondary N) is 1. The van der Waals surface area contributed by atoms with Crippen LogP contribution in [-0.4, -0.2) is 28.6 Å². The summed E-state index contributed by atoms with van der Waals surface area (Å²) in [5.74, 6) is 0.0977. The molecule has 4 aromatic rings. The Morgan fingerprint density at radius 1 is 1.00 bits per heavy atom. The molecule has 2 amide bonds. The van der Waals surface area contributed by atoms with E-state index in [9.17, 15) is 14.0 Å². The number of benzene rings is 3. The van der Waals surface area contributed by atoms with Crippen LogP contribution in [0.2, 0.25) is 0 Å². The second-order valence-corrected chi connectivity index (χ2v) is 8.70. The highest BCUT2D eigenvalue weighted by atomic mass is 32.1. The normalized spacial score (nSPS) is 15.4. The molecule has 5 rings (SSSR count). The molecule has 170 valence electrons. The highest BCUT2D eigenvalue weighted by Crippen LogP contribution is 2.34. The van der Waals surface area contributed by atoms with Crippen LogP contribution < -0.4 is 15.0 Å². The molecule has 0 saturated carbocycles. The maximum absolute atomic E-state index is 13.2. The second-order valence-electron chi connectivity index (χ2n) is 7.69. The van der Waals surface area contributed by atoms with Crippen molar-refractivity contribution < 1.29 is 18.7 Å². The van der Waals surface area contributed by atoms with E-state index in [4.69, 9.17) is 4.74 Å². The molecule has 0 aliphatic carbocycles. The van der Waals surface area contributed by atoms with E-state index in [-0.39, 0.29) is 30.0 Å². The number of halogens is 1. The van der Waals surface area contributed by atoms with Crippen LogP contribution in [0.25, 0.3) is 0 Å². The zero-order valence-electron chi connectivity index (χ0n) is 17.8. The van der Waals surface area contributed by atoms with E-state index in [2.05, 4.69) is 15.5 Å². The van der Waals surface area contributed by atoms with Crippen LogP contribution in [-0.2, 0) is 4.79 Å². The van der Waals surface area contributed by atoms with E-state index in [1.165, 1.54) is 23.5 Å². The minimum absolute atomic E-state index is 0.0654. The molecule has 7 nitrogen and oxygen atoms in total. The first kappa shape index (κ1) is 21.7. The lowest BCUT2D eigenvalue weighted by atomic mass is 10.1. The van der Waals surface area contributed by atoms with E-state index in [1.54, 1.807) is 41.3 Å². The number of para-hydroxylation sites is 2. The smallest absolute Gasteiger partial charge is 0.261 e. The van der Waals surface area contributed by atoms with Crippen molar-refractivity contribution in [1.82, 2.24) is 10.2 Å². The van der Waals surface area contributed by atoms with Crippen LogP contribution in [0.3, 0.4) is 0 Å². The average molecular weight is 475 g/mol. The van der Waals surface area contributed by atoms with Gasteiger partial charge in [-0.05, 0) is 48.5 Å². The number of amides is 2. The van der Waals surface area contributed by atoms with E-state index < -0.39 is 0 Å². The fraction of sp³-hybridized carbons (Fsp3) is 0.120. The zero-order valence-corrected chi connectivity index (χ0v) is 18.7. The Bertz CT molecular complexity index is 1330. The van der Waals surface area contributed by atoms with Crippen molar-refractivity contribution in [3.63, 3.8) is 0 Å². The van der Waals surface area contributed by atoms with E-state index in [0.29, 0.717) is 39.4 Å². The standard InChI is InChI=1S/C25H19FN4O3S/c26-17-10-12-18(13-11-17)30-15-16(14-22(30)31)24-28-29-25(34-24)27-23(32)20-8-4-5-9-21(20)33-19-6-2-1-3-7-19/h1-13,16H,14-15H2,(H,27,29,32). The molecule has 0 radical (unpaired) electrons. The number of hydrogen-bond donors (Lipinski definition) is 1. The molecule has 1 fully saturated rings. The van der Waals surface area contributed by atoms with Crippen LogP contribution in [0.15, 0.2) is 78.9 Å². The van der Waals surface area contributed by atoms with Crippen molar-refractivity contribution in [1.29, 1.82) is 0 Å². The summed E-state index contributed by atoms with van der Waals surface area (Å²) in [6, 6.07) is 22.0. The Labute approximate surface area is 198 Å². The Morgan fingerprint density at radius 3 is 2.53 bits per heavy atom. The molecule has 3 aromatic carbocycles. The molecule has 0 spiro atoms. The van der Waals surface area contributed by atoms with Gasteiger partial charge in [0, 0.05) is 24.6 Å². The minimum Gasteiger partial charge on any atom is -0.457 e. The maximum Gasteiger partial charge on any atom is 0.261 e. The highest BCUT2D eigenvalue weighted by molar-refractivity contribution is 7.15. The molecule has 1 aromatic heterocycles. The summed E-state index contributed by atoms with van der Waals surface area (Å²) in [6.45, 7) is 0.417. The van der Waals surface area contributed by atoms with Crippen LogP contribution in [0.4, 0.5) is 15.2 Å². The number of hydrogen-bond acceptors (Lipinski definition) is 6. The predicted molar refractivity (Wildman–Crippen MR) is 127 cm³/mol. The van der Waals surface area contributed by atoms with Crippen LogP contribution in [0, 0.1) is 5.82 Å². The Kier molecular flexibility index (Phi) is 6.01. The van der Waals surface area contributed by atoms with E-state index in [0.717, 1.165) is 0 Å². The Hall–Kier alpha value is -4.11. The number of ether oxygens (including phenoxy) is 1. The average Bonchev–Trinajstić information content (AvgIpc) is 3.47. The third-order valence-electron chi connectivity index (χ3n) is 5.38. The molecule has 1 atom stereocenters. The third-order valence-corrected chi connectivity index (χ3v) is 6.38. The number of carbonyl (C=O) groups is 2. The summed E-state index contributed by atoms with van der Waals surface area (Å²) in [5, 5.41) is 12.1. The third kappa shape index (κ3) is 4.65. The van der Waals surface area contributed by atoms with Gasteiger partial charge in [0.15, 0.2) is 0 Å². The van der Waals surface area contributed by atoms with Gasteiger partial charge in [-0.25, -0.2) is 4.39 Å². The minimum atomic E-state index is -0.371. The number of anilines is 2. The first-order chi connectivity index (χ1) is 16.6. The molecule has 1 N–H and O–H groups in total. The van der Waals surface area contributed by atoms with Gasteiger partial charge in [0.25, 0.3) is 5.91 Å². The summed E-state index contributed by atoms with van der Waals surface area (Å²) in [4.78, 5) is 27.0. The maximum atomic E-state index is 13.2. The Morgan fingerprint density at radius 2 is 1.74 bits per heavy atom. The van der Waals surface area contributed by atoms with Gasteiger partial charge in [-0.1, -0.05) is 41.7 Å². The summed E-state index contributed by atoms with van der Waals surface area (Å²) in [5.41, 5.74) is 1.00. The van der Waals surface area contributed by atoms with Crippen molar-refractivity contribution in [2.24, 2.45) is 0 Å². The summed E-state index contributed by atoms with van der Waals surface area (Å²) in [6.07, 6.45) is 0.272. The number of rotatable bonds is 6. The van der Waals surface area contributed by atoms with Crippen molar-refractivity contribution in [2.75, 3.05) is 16.8 Å². The fourth-order valence-electron chi connectivity index (χ4n) is 3.72. The second kappa shape index (κ2) is 9.40. The SMILES string of the molecule is O=C(Nc1nnc(C2CC(=O)N(c3ccc(F)cc3)C2)s1)c1ccccc1Oc1ccccc1. The molecule has 1 aliphatic heterocycles. The van der Waals surface area contributed by atoms with Gasteiger partial charge in [-0.3, -0.25) is 14.9 Å². The predicted octanol–water partition coefficient (Wildman–Crippen LogP) is 5.24. The first-order valence-corrected chi connectivity index (χ1v) is 11.4. The molecule has 2 heterocycles. The largest absolute Gasteiger partial charge is 0.457 e. The van der Waals surface area contributed by atoms with Crippen LogP contribution in [0.1, 0.15) is 27.7 Å². The summed E-state index contributed by atoms with van der Waals surface area (Å²) in [7, 11) is 0. The molecular formula is C25H19FN4O3S. The molecule has 1 unspecified atom stereocenters. The van der Waals surface area contributed by atoms with Crippen molar-refractivity contribution in [3.8, 4) is 11.5 Å². The molecule has 9 heteroatoms.